The van der Waals surface area contributed by atoms with Gasteiger partial charge in [-0.05, 0) is 12.5 Å². The Kier molecular flexibility index (Phi) is 3.97. The van der Waals surface area contributed by atoms with Crippen LogP contribution in [0.2, 0.25) is 0 Å². The van der Waals surface area contributed by atoms with Gasteiger partial charge in [0, 0.05) is 45.5 Å². The summed E-state index contributed by atoms with van der Waals surface area (Å²) in [6, 6.07) is 1.24. The van der Waals surface area contributed by atoms with Gasteiger partial charge in [-0.3, -0.25) is 19.4 Å². The van der Waals surface area contributed by atoms with Gasteiger partial charge in [0.1, 0.15) is 16.8 Å². The van der Waals surface area contributed by atoms with E-state index in [0.717, 1.165) is 6.07 Å². The predicted molar refractivity (Wildman–Crippen MR) is 103 cm³/mol. The van der Waals surface area contributed by atoms with Gasteiger partial charge in [0.05, 0.1) is 11.5 Å². The van der Waals surface area contributed by atoms with Crippen LogP contribution in [0.25, 0.3) is 10.9 Å². The molecule has 9 nitrogen and oxygen atoms in total. The number of fused-ring (bicyclic) bond motifs is 1. The normalized spacial score (nSPS) is 24.0. The number of aliphatic hydroxyl groups is 1. The third-order valence-corrected chi connectivity index (χ3v) is 6.06. The molecule has 0 unspecified atom stereocenters. The molecule has 0 radical (unpaired) electrons. The number of carboxylic acid groups (broad SMARTS) is 1. The highest BCUT2D eigenvalue weighted by Gasteiger charge is 2.38. The summed E-state index contributed by atoms with van der Waals surface area (Å²) >= 11 is 0. The Bertz CT molecular complexity index is 1090. The fourth-order valence-electron chi connectivity index (χ4n) is 4.69. The Morgan fingerprint density at radius 2 is 2.10 bits per heavy atom. The minimum atomic E-state index is -1.36. The highest BCUT2D eigenvalue weighted by Crippen LogP contribution is 2.41. The first-order valence-corrected chi connectivity index (χ1v) is 9.51. The molecular formula is C19H21FN4O5. The number of aromatic carboxylic acids is 1. The molecule has 0 bridgehead atoms. The van der Waals surface area contributed by atoms with Crippen molar-refractivity contribution in [2.24, 2.45) is 0 Å². The van der Waals surface area contributed by atoms with E-state index < -0.39 is 22.8 Å². The molecule has 2 N–H and O–H groups in total. The lowest BCUT2D eigenvalue weighted by Crippen LogP contribution is -2.50. The quantitative estimate of drug-likeness (QED) is 0.723. The van der Waals surface area contributed by atoms with E-state index in [1.54, 1.807) is 12.1 Å². The molecule has 4 heterocycles. The standard InChI is InChI=1S/C19H21FN4O5/c1-21-9-29-18-15-12(17(26)13(19(27)28)8-24(15)21)5-14(20)16(18)23-3-2-22-7-11(25)4-10(22)6-23/h5,8,10-11,25H,2-4,6-7,9H2,1H3,(H,27,28)/t10-,11+/m0/s1. The number of ether oxygens (including phenoxy) is 1. The maximum absolute atomic E-state index is 15.2. The van der Waals surface area contributed by atoms with E-state index in [-0.39, 0.29) is 35.7 Å². The van der Waals surface area contributed by atoms with Crippen molar-refractivity contribution in [1.82, 2.24) is 9.58 Å². The number of hydrogen-bond donors (Lipinski definition) is 2. The second-order valence-electron chi connectivity index (χ2n) is 7.87. The van der Waals surface area contributed by atoms with Crippen LogP contribution in [0.15, 0.2) is 17.1 Å². The minimum absolute atomic E-state index is 0.0253. The number of aliphatic hydroxyl groups excluding tert-OH is 1. The predicted octanol–water partition coefficient (Wildman–Crippen LogP) is 0.0117. The van der Waals surface area contributed by atoms with Gasteiger partial charge in [0.15, 0.2) is 18.3 Å². The Labute approximate surface area is 165 Å². The number of benzene rings is 1. The molecule has 2 saturated heterocycles. The molecule has 0 aliphatic carbocycles. The van der Waals surface area contributed by atoms with E-state index in [2.05, 4.69) is 4.90 Å². The van der Waals surface area contributed by atoms with Crippen molar-refractivity contribution in [3.05, 3.63) is 33.9 Å². The average molecular weight is 404 g/mol. The number of carbonyl (C=O) groups is 1. The largest absolute Gasteiger partial charge is 0.477 e. The zero-order valence-corrected chi connectivity index (χ0v) is 15.8. The number of pyridine rings is 1. The lowest BCUT2D eigenvalue weighted by Gasteiger charge is -2.40. The number of carboxylic acids is 1. The average Bonchev–Trinajstić information content (AvgIpc) is 3.04. The van der Waals surface area contributed by atoms with E-state index in [0.29, 0.717) is 38.1 Å². The van der Waals surface area contributed by atoms with Gasteiger partial charge in [0.25, 0.3) is 0 Å². The summed E-state index contributed by atoms with van der Waals surface area (Å²) < 4.78 is 22.6. The molecule has 5 rings (SSSR count). The summed E-state index contributed by atoms with van der Waals surface area (Å²) in [5.41, 5.74) is -0.516. The molecule has 3 aliphatic heterocycles. The third kappa shape index (κ3) is 2.66. The molecule has 1 aromatic heterocycles. The molecule has 0 spiro atoms. The van der Waals surface area contributed by atoms with Gasteiger partial charge in [-0.15, -0.1) is 0 Å². The fourth-order valence-corrected chi connectivity index (χ4v) is 4.69. The van der Waals surface area contributed by atoms with Crippen LogP contribution >= 0.6 is 0 Å². The first-order valence-electron chi connectivity index (χ1n) is 9.51. The number of piperazine rings is 1. The molecule has 10 heteroatoms. The molecule has 2 fully saturated rings. The Morgan fingerprint density at radius 1 is 1.31 bits per heavy atom. The molecule has 0 amide bonds. The lowest BCUT2D eigenvalue weighted by atomic mass is 10.1. The van der Waals surface area contributed by atoms with Crippen LogP contribution < -0.4 is 20.1 Å². The molecule has 0 saturated carbocycles. The minimum Gasteiger partial charge on any atom is -0.477 e. The molecule has 1 aromatic carbocycles. The van der Waals surface area contributed by atoms with Crippen molar-refractivity contribution < 1.29 is 24.1 Å². The number of hydrogen-bond acceptors (Lipinski definition) is 7. The van der Waals surface area contributed by atoms with Crippen molar-refractivity contribution in [3.8, 4) is 5.75 Å². The summed E-state index contributed by atoms with van der Waals surface area (Å²) in [7, 11) is 1.69. The highest BCUT2D eigenvalue weighted by atomic mass is 19.1. The van der Waals surface area contributed by atoms with Crippen LogP contribution in [-0.2, 0) is 0 Å². The Balaban J connectivity index is 1.69. The number of anilines is 1. The van der Waals surface area contributed by atoms with E-state index in [9.17, 15) is 19.8 Å². The molecule has 29 heavy (non-hydrogen) atoms. The van der Waals surface area contributed by atoms with Gasteiger partial charge in [-0.2, -0.15) is 0 Å². The maximum atomic E-state index is 15.2. The van der Waals surface area contributed by atoms with Gasteiger partial charge >= 0.3 is 5.97 Å². The number of nitrogens with zero attached hydrogens (tertiary/aromatic N) is 4. The van der Waals surface area contributed by atoms with Gasteiger partial charge in [-0.25, -0.2) is 9.18 Å². The summed E-state index contributed by atoms with van der Waals surface area (Å²) in [4.78, 5) is 28.2. The Morgan fingerprint density at radius 3 is 2.86 bits per heavy atom. The number of rotatable bonds is 2. The molecule has 3 aliphatic rings. The molecule has 2 aromatic rings. The van der Waals surface area contributed by atoms with Crippen molar-refractivity contribution in [2.75, 3.05) is 49.9 Å². The Hall–Kier alpha value is -2.85. The summed E-state index contributed by atoms with van der Waals surface area (Å²) in [6.45, 7) is 2.52. The van der Waals surface area contributed by atoms with Crippen LogP contribution in [0.1, 0.15) is 16.8 Å². The maximum Gasteiger partial charge on any atom is 0.341 e. The van der Waals surface area contributed by atoms with Crippen molar-refractivity contribution in [2.45, 2.75) is 18.6 Å². The number of halogens is 1. The van der Waals surface area contributed by atoms with E-state index in [1.165, 1.54) is 10.9 Å². The number of aromatic nitrogens is 1. The van der Waals surface area contributed by atoms with E-state index in [1.807, 2.05) is 4.90 Å². The van der Waals surface area contributed by atoms with Crippen LogP contribution in [0.5, 0.6) is 5.75 Å². The van der Waals surface area contributed by atoms with Gasteiger partial charge < -0.3 is 19.8 Å². The first-order chi connectivity index (χ1) is 13.8. The lowest BCUT2D eigenvalue weighted by molar-refractivity contribution is 0.0694. The molecule has 2 atom stereocenters. The second kappa shape index (κ2) is 6.33. The van der Waals surface area contributed by atoms with Crippen LogP contribution in [-0.4, -0.2) is 77.9 Å². The van der Waals surface area contributed by atoms with Crippen LogP contribution in [0, 0.1) is 5.82 Å². The topological polar surface area (TPSA) is 98.5 Å². The van der Waals surface area contributed by atoms with E-state index >= 15 is 4.39 Å². The van der Waals surface area contributed by atoms with E-state index in [4.69, 9.17) is 4.74 Å². The fraction of sp³-hybridized carbons (Fsp3) is 0.474. The SMILES string of the molecule is CN1COc2c(N3CCN4C[C@H](O)C[C@H]4C3)c(F)cc3c(=O)c(C(=O)O)cn1c23. The van der Waals surface area contributed by atoms with Crippen LogP contribution in [0.3, 0.4) is 0 Å². The van der Waals surface area contributed by atoms with Crippen LogP contribution in [0.4, 0.5) is 10.1 Å². The molecular weight excluding hydrogens is 383 g/mol. The summed E-state index contributed by atoms with van der Waals surface area (Å²) in [5.74, 6) is -1.73. The molecule has 154 valence electrons. The zero-order valence-electron chi connectivity index (χ0n) is 15.8. The summed E-state index contributed by atoms with van der Waals surface area (Å²) in [6.07, 6.45) is 1.52. The smallest absolute Gasteiger partial charge is 0.341 e. The van der Waals surface area contributed by atoms with Gasteiger partial charge in [0.2, 0.25) is 5.43 Å². The van der Waals surface area contributed by atoms with Crippen molar-refractivity contribution in [3.63, 3.8) is 0 Å². The first kappa shape index (κ1) is 18.2. The second-order valence-corrected chi connectivity index (χ2v) is 7.87. The van der Waals surface area contributed by atoms with Gasteiger partial charge in [-0.1, -0.05) is 0 Å². The zero-order chi connectivity index (χ0) is 20.4. The van der Waals surface area contributed by atoms with Crippen molar-refractivity contribution >= 4 is 22.6 Å². The third-order valence-electron chi connectivity index (χ3n) is 6.06. The van der Waals surface area contributed by atoms with Crippen molar-refractivity contribution in [1.29, 1.82) is 0 Å². The monoisotopic (exact) mass is 404 g/mol. The highest BCUT2D eigenvalue weighted by molar-refractivity contribution is 5.97. The summed E-state index contributed by atoms with van der Waals surface area (Å²) in [5, 5.41) is 20.9.